The summed E-state index contributed by atoms with van der Waals surface area (Å²) in [6, 6.07) is 6.89. The van der Waals surface area contributed by atoms with Crippen LogP contribution in [-0.2, 0) is 4.79 Å². The van der Waals surface area contributed by atoms with Crippen molar-refractivity contribution in [2.45, 2.75) is 25.3 Å². The van der Waals surface area contributed by atoms with Crippen molar-refractivity contribution in [2.24, 2.45) is 0 Å². The van der Waals surface area contributed by atoms with E-state index in [1.54, 1.807) is 0 Å². The van der Waals surface area contributed by atoms with Crippen molar-refractivity contribution >= 4 is 5.97 Å². The van der Waals surface area contributed by atoms with E-state index in [9.17, 15) is 9.90 Å². The van der Waals surface area contributed by atoms with Gasteiger partial charge in [0.1, 0.15) is 18.4 Å². The van der Waals surface area contributed by atoms with Crippen LogP contribution in [0.1, 0.15) is 30.9 Å². The van der Waals surface area contributed by atoms with E-state index < -0.39 is 12.0 Å². The SMILES string of the molecule is O=C(O)C1c2ccccc2OCCN1CCN1CCCCC1. The second-order valence-electron chi connectivity index (χ2n) is 6.07. The molecule has 0 aliphatic carbocycles. The minimum atomic E-state index is -0.795. The summed E-state index contributed by atoms with van der Waals surface area (Å²) in [5.41, 5.74) is 0.770. The first-order valence-electron chi connectivity index (χ1n) is 8.16. The van der Waals surface area contributed by atoms with E-state index in [-0.39, 0.29) is 0 Å². The quantitative estimate of drug-likeness (QED) is 0.922. The molecule has 1 unspecified atom stereocenters. The van der Waals surface area contributed by atoms with E-state index in [2.05, 4.69) is 4.90 Å². The molecule has 0 amide bonds. The largest absolute Gasteiger partial charge is 0.492 e. The van der Waals surface area contributed by atoms with Crippen molar-refractivity contribution in [1.29, 1.82) is 0 Å². The number of nitrogens with zero attached hydrogens (tertiary/aromatic N) is 2. The molecule has 22 heavy (non-hydrogen) atoms. The van der Waals surface area contributed by atoms with Gasteiger partial charge in [-0.15, -0.1) is 0 Å². The number of carboxylic acids is 1. The molecule has 3 rings (SSSR count). The predicted octanol–water partition coefficient (Wildman–Crippen LogP) is 1.99. The maximum Gasteiger partial charge on any atom is 0.325 e. The molecule has 120 valence electrons. The van der Waals surface area contributed by atoms with Crippen molar-refractivity contribution in [3.63, 3.8) is 0 Å². The Kier molecular flexibility index (Phi) is 4.95. The summed E-state index contributed by atoms with van der Waals surface area (Å²) in [4.78, 5) is 16.3. The second kappa shape index (κ2) is 7.11. The standard InChI is InChI=1S/C17H24N2O3/c20-17(21)16-14-6-2-3-7-15(14)22-13-12-19(16)11-10-18-8-4-1-5-9-18/h2-3,6-7,16H,1,4-5,8-13H2,(H,20,21). The Morgan fingerprint density at radius 2 is 1.91 bits per heavy atom. The number of piperidine rings is 1. The number of ether oxygens (including phenoxy) is 1. The topological polar surface area (TPSA) is 53.0 Å². The Morgan fingerprint density at radius 1 is 1.14 bits per heavy atom. The molecule has 0 radical (unpaired) electrons. The van der Waals surface area contributed by atoms with E-state index in [1.165, 1.54) is 19.3 Å². The molecule has 1 aromatic rings. The number of hydrogen-bond acceptors (Lipinski definition) is 4. The third-order valence-electron chi connectivity index (χ3n) is 4.60. The Morgan fingerprint density at radius 3 is 2.68 bits per heavy atom. The predicted molar refractivity (Wildman–Crippen MR) is 84.2 cm³/mol. The number of para-hydroxylation sites is 1. The lowest BCUT2D eigenvalue weighted by atomic mass is 10.0. The van der Waals surface area contributed by atoms with Crippen molar-refractivity contribution < 1.29 is 14.6 Å². The molecule has 1 aromatic carbocycles. The number of carboxylic acid groups (broad SMARTS) is 1. The molecule has 0 aromatic heterocycles. The van der Waals surface area contributed by atoms with E-state index in [4.69, 9.17) is 4.74 Å². The van der Waals surface area contributed by atoms with Crippen molar-refractivity contribution in [1.82, 2.24) is 9.80 Å². The summed E-state index contributed by atoms with van der Waals surface area (Å²) in [5.74, 6) is -0.0908. The summed E-state index contributed by atoms with van der Waals surface area (Å²) >= 11 is 0. The van der Waals surface area contributed by atoms with Gasteiger partial charge in [-0.3, -0.25) is 9.69 Å². The maximum atomic E-state index is 11.8. The van der Waals surface area contributed by atoms with Gasteiger partial charge in [0, 0.05) is 25.2 Å². The van der Waals surface area contributed by atoms with Crippen molar-refractivity contribution in [2.75, 3.05) is 39.3 Å². The van der Waals surface area contributed by atoms with Crippen LogP contribution in [0.5, 0.6) is 5.75 Å². The summed E-state index contributed by atoms with van der Waals surface area (Å²) < 4.78 is 5.73. The number of aliphatic carboxylic acids is 1. The first-order valence-corrected chi connectivity index (χ1v) is 8.16. The molecule has 2 aliphatic rings. The molecule has 2 heterocycles. The highest BCUT2D eigenvalue weighted by Gasteiger charge is 2.32. The number of rotatable bonds is 4. The lowest BCUT2D eigenvalue weighted by Crippen LogP contribution is -2.42. The Hall–Kier alpha value is -1.59. The third-order valence-corrected chi connectivity index (χ3v) is 4.60. The minimum absolute atomic E-state index is 0.542. The molecule has 1 atom stereocenters. The van der Waals surface area contributed by atoms with Crippen LogP contribution < -0.4 is 4.74 Å². The van der Waals surface area contributed by atoms with Crippen LogP contribution in [0, 0.1) is 0 Å². The summed E-state index contributed by atoms with van der Waals surface area (Å²) in [5, 5.41) is 9.71. The van der Waals surface area contributed by atoms with Gasteiger partial charge in [0.2, 0.25) is 0 Å². The number of fused-ring (bicyclic) bond motifs is 1. The van der Waals surface area contributed by atoms with Gasteiger partial charge in [-0.25, -0.2) is 0 Å². The van der Waals surface area contributed by atoms with E-state index >= 15 is 0 Å². The molecule has 1 N–H and O–H groups in total. The number of hydrogen-bond donors (Lipinski definition) is 1. The van der Waals surface area contributed by atoms with Gasteiger partial charge in [-0.2, -0.15) is 0 Å². The van der Waals surface area contributed by atoms with E-state index in [0.717, 1.165) is 31.7 Å². The smallest absolute Gasteiger partial charge is 0.325 e. The van der Waals surface area contributed by atoms with Gasteiger partial charge < -0.3 is 14.7 Å². The molecule has 0 bridgehead atoms. The van der Waals surface area contributed by atoms with E-state index in [0.29, 0.717) is 18.9 Å². The zero-order valence-electron chi connectivity index (χ0n) is 12.9. The van der Waals surface area contributed by atoms with Crippen LogP contribution in [0.15, 0.2) is 24.3 Å². The van der Waals surface area contributed by atoms with Crippen LogP contribution in [-0.4, -0.2) is 60.2 Å². The number of likely N-dealkylation sites (tertiary alicyclic amines) is 1. The van der Waals surface area contributed by atoms with Crippen molar-refractivity contribution in [3.05, 3.63) is 29.8 Å². The fraction of sp³-hybridized carbons (Fsp3) is 0.588. The highest BCUT2D eigenvalue weighted by atomic mass is 16.5. The normalized spacial score (nSPS) is 23.4. The molecule has 1 saturated heterocycles. The molecule has 2 aliphatic heterocycles. The van der Waals surface area contributed by atoms with Gasteiger partial charge >= 0.3 is 5.97 Å². The first-order chi connectivity index (χ1) is 10.8. The highest BCUT2D eigenvalue weighted by Crippen LogP contribution is 2.32. The Balaban J connectivity index is 1.73. The number of carbonyl (C=O) groups is 1. The summed E-state index contributed by atoms with van der Waals surface area (Å²) in [6.07, 6.45) is 3.84. The highest BCUT2D eigenvalue weighted by molar-refractivity contribution is 5.76. The average molecular weight is 304 g/mol. The van der Waals surface area contributed by atoms with Gasteiger partial charge in [-0.1, -0.05) is 24.6 Å². The zero-order chi connectivity index (χ0) is 15.4. The lowest BCUT2D eigenvalue weighted by Gasteiger charge is -2.31. The van der Waals surface area contributed by atoms with Crippen LogP contribution in [0.25, 0.3) is 0 Å². The second-order valence-corrected chi connectivity index (χ2v) is 6.07. The maximum absolute atomic E-state index is 11.8. The minimum Gasteiger partial charge on any atom is -0.492 e. The number of benzene rings is 1. The molecule has 0 saturated carbocycles. The summed E-state index contributed by atoms with van der Waals surface area (Å²) in [6.45, 7) is 5.18. The summed E-state index contributed by atoms with van der Waals surface area (Å²) in [7, 11) is 0. The van der Waals surface area contributed by atoms with Crippen LogP contribution >= 0.6 is 0 Å². The average Bonchev–Trinajstić information content (AvgIpc) is 2.73. The molecule has 0 spiro atoms. The molecular formula is C17H24N2O3. The lowest BCUT2D eigenvalue weighted by molar-refractivity contribution is -0.143. The molecule has 1 fully saturated rings. The van der Waals surface area contributed by atoms with Gasteiger partial charge in [0.05, 0.1) is 0 Å². The van der Waals surface area contributed by atoms with Crippen LogP contribution in [0.3, 0.4) is 0 Å². The van der Waals surface area contributed by atoms with Crippen molar-refractivity contribution in [3.8, 4) is 5.75 Å². The van der Waals surface area contributed by atoms with Gasteiger partial charge in [0.25, 0.3) is 0 Å². The molecular weight excluding hydrogens is 280 g/mol. The fourth-order valence-corrected chi connectivity index (χ4v) is 3.42. The third kappa shape index (κ3) is 3.42. The van der Waals surface area contributed by atoms with Crippen LogP contribution in [0.2, 0.25) is 0 Å². The van der Waals surface area contributed by atoms with E-state index in [1.807, 2.05) is 29.2 Å². The molecule has 5 heteroatoms. The zero-order valence-corrected chi connectivity index (χ0v) is 12.9. The Bertz CT molecular complexity index is 514. The Labute approximate surface area is 131 Å². The van der Waals surface area contributed by atoms with Gasteiger partial charge in [0.15, 0.2) is 0 Å². The first kappa shape index (κ1) is 15.3. The monoisotopic (exact) mass is 304 g/mol. The fourth-order valence-electron chi connectivity index (χ4n) is 3.42. The van der Waals surface area contributed by atoms with Gasteiger partial charge in [-0.05, 0) is 32.0 Å². The van der Waals surface area contributed by atoms with Crippen LogP contribution in [0.4, 0.5) is 0 Å². The molecule has 5 nitrogen and oxygen atoms in total.